The Labute approximate surface area is 101 Å². The largest absolute Gasteiger partial charge is 0.705 e. The van der Waals surface area contributed by atoms with Crippen molar-refractivity contribution in [1.82, 2.24) is 4.72 Å². The SMILES string of the molecule is [CH3][AlH2-][N]([AlH2])[AlH][CH](C)[N]([AlH2])[AlH2]. The molecule has 54 valence electrons. The Morgan fingerprint density at radius 1 is 1.40 bits per heavy atom. The zero-order valence-corrected chi connectivity index (χ0v) is 17.6. The molecule has 10 heavy (non-hydrogen) atoms. The molecule has 0 rings (SSSR count). The first-order valence-electron chi connectivity index (χ1n) is 4.35. The zero-order chi connectivity index (χ0) is 8.15. The second-order valence-electron chi connectivity index (χ2n) is 3.52. The average molecular weight is 215 g/mol. The minimum Gasteiger partial charge on any atom is -0.705 e. The molecule has 0 radical (unpaired) electrons. The molecular weight excluding hydrogens is 199 g/mol. The van der Waals surface area contributed by atoms with Crippen molar-refractivity contribution in [2.45, 2.75) is 17.6 Å². The van der Waals surface area contributed by atoms with Gasteiger partial charge in [0.1, 0.15) is 15.4 Å². The molecule has 1 unspecified atom stereocenters. The summed E-state index contributed by atoms with van der Waals surface area (Å²) >= 11 is 3.96. The fourth-order valence-corrected chi connectivity index (χ4v) is 7.87. The van der Waals surface area contributed by atoms with Gasteiger partial charge in [-0.2, -0.15) is 5.79 Å². The van der Waals surface area contributed by atoms with Crippen LogP contribution in [0.2, 0.25) is 5.79 Å². The lowest BCUT2D eigenvalue weighted by molar-refractivity contribution is 0.659. The van der Waals surface area contributed by atoms with E-state index in [4.69, 9.17) is 0 Å². The molecule has 1 atom stereocenters. The summed E-state index contributed by atoms with van der Waals surface area (Å²) in [6.45, 7) is 2.43. The molecule has 0 fully saturated rings. The van der Waals surface area contributed by atoms with Crippen LogP contribution < -0.4 is 0 Å². The molecule has 0 bridgehead atoms. The summed E-state index contributed by atoms with van der Waals surface area (Å²) in [6.07, 6.45) is 0. The Kier molecular flexibility index (Phi) is 8.85. The first-order valence-corrected chi connectivity index (χ1v) is 11.4. The molecule has 0 aliphatic rings. The predicted molar refractivity (Wildman–Crippen MR) is 60.3 cm³/mol. The number of hydrogen-bond acceptors (Lipinski definition) is 2. The molecule has 0 aliphatic carbocycles. The van der Waals surface area contributed by atoms with Gasteiger partial charge in [-0.15, -0.1) is 0 Å². The summed E-state index contributed by atoms with van der Waals surface area (Å²) in [7, 11) is 0. The second-order valence-corrected chi connectivity index (χ2v) is 19.2. The predicted octanol–water partition coefficient (Wildman–Crippen LogP) is -3.94. The van der Waals surface area contributed by atoms with E-state index >= 15 is 0 Å². The smallest absolute Gasteiger partial charge is 0.298 e. The summed E-state index contributed by atoms with van der Waals surface area (Å²) in [5.41, 5.74) is 0. The highest BCUT2D eigenvalue weighted by Crippen LogP contribution is 1.88. The highest BCUT2D eigenvalue weighted by atomic mass is 27.3. The van der Waals surface area contributed by atoms with E-state index in [9.17, 15) is 0 Å². The number of hydrogen-bond donors (Lipinski definition) is 0. The van der Waals surface area contributed by atoms with Crippen LogP contribution in [0.3, 0.4) is 0 Å². The van der Waals surface area contributed by atoms with Crippen LogP contribution in [0.1, 0.15) is 6.92 Å². The Morgan fingerprint density at radius 3 is 2.20 bits per heavy atom. The molecule has 7 heteroatoms. The van der Waals surface area contributed by atoms with E-state index in [1.165, 1.54) is 49.5 Å². The molecule has 2 nitrogen and oxygen atoms in total. The summed E-state index contributed by atoms with van der Waals surface area (Å²) in [4.78, 5) is 1.00. The highest BCUT2D eigenvalue weighted by Gasteiger charge is 2.05. The van der Waals surface area contributed by atoms with Crippen molar-refractivity contribution in [3.8, 4) is 0 Å². The first kappa shape index (κ1) is 12.6. The minimum atomic E-state index is -0.202. The van der Waals surface area contributed by atoms with Gasteiger partial charge in [0.05, 0.1) is 0 Å². The van der Waals surface area contributed by atoms with Crippen molar-refractivity contribution in [2.75, 3.05) is 0 Å². The molecule has 0 saturated heterocycles. The van der Waals surface area contributed by atoms with E-state index in [2.05, 4.69) is 17.4 Å². The lowest BCUT2D eigenvalue weighted by Crippen LogP contribution is -2.42. The molecule has 0 spiro atoms. The van der Waals surface area contributed by atoms with Crippen LogP contribution in [-0.4, -0.2) is 90.0 Å². The maximum Gasteiger partial charge on any atom is 0.298 e. The second kappa shape index (κ2) is 7.03. The molecule has 0 saturated carbocycles. The maximum atomic E-state index is 2.84. The van der Waals surface area contributed by atoms with Gasteiger partial charge >= 0.3 is 0 Å². The molecule has 0 amide bonds. The Balaban J connectivity index is 3.46. The topological polar surface area (TPSA) is 6.48 Å². The van der Waals surface area contributed by atoms with Crippen molar-refractivity contribution in [1.29, 1.82) is 0 Å². The summed E-state index contributed by atoms with van der Waals surface area (Å²) in [6, 6.07) is 0. The lowest BCUT2D eigenvalue weighted by atomic mass is 10.8. The molecule has 0 aliphatic heterocycles. The van der Waals surface area contributed by atoms with E-state index in [0.717, 1.165) is 4.90 Å². The van der Waals surface area contributed by atoms with Crippen LogP contribution in [0, 0.1) is 0 Å². The van der Waals surface area contributed by atoms with Crippen molar-refractivity contribution in [2.24, 2.45) is 0 Å². The average Bonchev–Trinajstić information content (AvgIpc) is 1.87. The third-order valence-electron chi connectivity index (χ3n) is 2.27. The van der Waals surface area contributed by atoms with Gasteiger partial charge in [0.15, 0.2) is 0 Å². The molecule has 0 aromatic carbocycles. The Hall–Kier alpha value is 2.58. The van der Waals surface area contributed by atoms with Crippen LogP contribution in [0.25, 0.3) is 0 Å². The van der Waals surface area contributed by atoms with Gasteiger partial charge in [0.2, 0.25) is 16.5 Å². The fourth-order valence-electron chi connectivity index (χ4n) is 0.874. The van der Waals surface area contributed by atoms with Gasteiger partial charge in [-0.25, -0.2) is 0 Å². The van der Waals surface area contributed by atoms with Crippen molar-refractivity contribution < 1.29 is 0 Å². The summed E-state index contributed by atoms with van der Waals surface area (Å²) < 4.78 is 5.48. The summed E-state index contributed by atoms with van der Waals surface area (Å²) in [5, 5.41) is 0. The monoisotopic (exact) mass is 215 g/mol. The Bertz CT molecular complexity index is 89.0. The standard InChI is InChI=1S/C2H4N.CH3.5Al.N.9H/c1-2-3;;;;;;;;;;;;;;;;/h2H,1H3;1H3;;;;;;;;;;;;;;;/q;;;;;;-1;;;;;;;;;;. The van der Waals surface area contributed by atoms with E-state index in [1.54, 1.807) is 0 Å². The van der Waals surface area contributed by atoms with Crippen LogP contribution in [0.5, 0.6) is 0 Å². The zero-order valence-electron chi connectivity index (χ0n) is 8.18. The van der Waals surface area contributed by atoms with Crippen molar-refractivity contribution in [3.63, 3.8) is 0 Å². The fraction of sp³-hybridized carbons (Fsp3) is 1.00. The third-order valence-corrected chi connectivity index (χ3v) is 15.8. The minimum absolute atomic E-state index is 0.189. The van der Waals surface area contributed by atoms with E-state index in [1.807, 2.05) is 0 Å². The molecule has 0 N–H and O–H groups in total. The van der Waals surface area contributed by atoms with Crippen LogP contribution >= 0.6 is 0 Å². The first-order chi connectivity index (χ1) is 4.57. The van der Waals surface area contributed by atoms with Gasteiger partial charge in [-0.1, -0.05) is 11.8 Å². The van der Waals surface area contributed by atoms with E-state index < -0.39 is 0 Å². The van der Waals surface area contributed by atoms with Crippen molar-refractivity contribution in [3.05, 3.63) is 0 Å². The van der Waals surface area contributed by atoms with Gasteiger partial charge in [0.25, 0.3) is 48.5 Å². The highest BCUT2D eigenvalue weighted by molar-refractivity contribution is 6.60. The van der Waals surface area contributed by atoms with Crippen molar-refractivity contribution >= 4 is 80.4 Å². The Morgan fingerprint density at radius 2 is 1.90 bits per heavy atom. The van der Waals surface area contributed by atoms with Crippen LogP contribution in [-0.2, 0) is 0 Å². The molecule has 0 aromatic rings. The van der Waals surface area contributed by atoms with Gasteiger partial charge in [0, 0.05) is 0 Å². The van der Waals surface area contributed by atoms with E-state index in [-0.39, 0.29) is 30.9 Å². The van der Waals surface area contributed by atoms with Gasteiger partial charge in [-0.05, 0) is 0 Å². The number of rotatable bonds is 4. The quantitative estimate of drug-likeness (QED) is 0.442. The molecule has 0 aromatic heterocycles. The normalized spacial score (nSPS) is 15.2. The third kappa shape index (κ3) is 6.14. The summed E-state index contributed by atoms with van der Waals surface area (Å²) in [5.74, 6) is 2.47. The van der Waals surface area contributed by atoms with E-state index in [0.29, 0.717) is 0 Å². The maximum absolute atomic E-state index is 2.84. The van der Waals surface area contributed by atoms with Crippen LogP contribution in [0.4, 0.5) is 0 Å². The molecule has 0 heterocycles. The van der Waals surface area contributed by atoms with Gasteiger partial charge in [-0.3, -0.25) is 0 Å². The molecular formula is C3H16Al5N2-. The number of nitrogens with zero attached hydrogens (tertiary/aromatic N) is 2. The lowest BCUT2D eigenvalue weighted by Gasteiger charge is -2.31. The van der Waals surface area contributed by atoms with Crippen LogP contribution in [0.15, 0.2) is 0 Å². The van der Waals surface area contributed by atoms with Gasteiger partial charge < -0.3 is 4.72 Å².